The van der Waals surface area contributed by atoms with Gasteiger partial charge in [-0.1, -0.05) is 41.2 Å². The molecule has 1 aromatic heterocycles. The van der Waals surface area contributed by atoms with Crippen LogP contribution in [0.1, 0.15) is 29.7 Å². The van der Waals surface area contributed by atoms with Gasteiger partial charge in [0.25, 0.3) is 5.78 Å². The first-order valence-electron chi connectivity index (χ1n) is 12.0. The fourth-order valence-electron chi connectivity index (χ4n) is 4.50. The van der Waals surface area contributed by atoms with Crippen molar-refractivity contribution >= 4 is 44.1 Å². The van der Waals surface area contributed by atoms with E-state index >= 15 is 0 Å². The van der Waals surface area contributed by atoms with Crippen molar-refractivity contribution in [2.24, 2.45) is 0 Å². The third-order valence-electron chi connectivity index (χ3n) is 6.37. The number of carbonyl (C=O) groups excluding carboxylic acids is 2. The lowest BCUT2D eigenvalue weighted by atomic mass is 9.94. The average Bonchev–Trinajstić information content (AvgIpc) is 3.46. The van der Waals surface area contributed by atoms with Crippen LogP contribution in [0.25, 0.3) is 16.0 Å². The first-order chi connectivity index (χ1) is 18.4. The van der Waals surface area contributed by atoms with E-state index < -0.39 is 17.7 Å². The van der Waals surface area contributed by atoms with Gasteiger partial charge in [0.2, 0.25) is 0 Å². The maximum atomic E-state index is 13.6. The Morgan fingerprint density at radius 1 is 1.00 bits per heavy atom. The number of nitrogens with zero attached hydrogens (tertiary/aromatic N) is 2. The van der Waals surface area contributed by atoms with E-state index in [1.54, 1.807) is 30.3 Å². The van der Waals surface area contributed by atoms with E-state index in [0.717, 1.165) is 10.3 Å². The Hall–Kier alpha value is -4.37. The number of aryl methyl sites for hydroxylation is 1. The lowest BCUT2D eigenvalue weighted by Gasteiger charge is -2.25. The molecule has 1 aliphatic rings. The number of ether oxygens (including phenoxy) is 3. The van der Waals surface area contributed by atoms with Crippen molar-refractivity contribution in [1.29, 1.82) is 0 Å². The number of amides is 1. The Labute approximate surface area is 223 Å². The number of aliphatic hydroxyl groups excluding tert-OH is 1. The maximum Gasteiger partial charge on any atom is 0.301 e. The summed E-state index contributed by atoms with van der Waals surface area (Å²) in [5.74, 6) is -0.266. The van der Waals surface area contributed by atoms with Crippen molar-refractivity contribution in [3.05, 3.63) is 82.9 Å². The zero-order valence-electron chi connectivity index (χ0n) is 21.3. The van der Waals surface area contributed by atoms with E-state index in [1.807, 2.05) is 44.2 Å². The topological polar surface area (TPSA) is 98.2 Å². The number of anilines is 1. The predicted octanol–water partition coefficient (Wildman–Crippen LogP) is 5.65. The van der Waals surface area contributed by atoms with Crippen LogP contribution in [-0.2, 0) is 9.59 Å². The monoisotopic (exact) mass is 530 g/mol. The SMILES string of the molecule is CCOc1ccc2nc(N3C(=O)C(=O)/C(=C(/O)c4ccc(C)cc4)C3c3cc(OC)ccc3OC)sc2c1. The van der Waals surface area contributed by atoms with Crippen molar-refractivity contribution in [2.75, 3.05) is 25.7 Å². The molecule has 1 amide bonds. The molecule has 1 N–H and O–H groups in total. The normalized spacial score (nSPS) is 16.7. The van der Waals surface area contributed by atoms with E-state index in [-0.39, 0.29) is 11.3 Å². The van der Waals surface area contributed by atoms with Crippen molar-refractivity contribution in [3.8, 4) is 17.2 Å². The number of fused-ring (bicyclic) bond motifs is 1. The van der Waals surface area contributed by atoms with Gasteiger partial charge >= 0.3 is 5.91 Å². The molecule has 0 aliphatic carbocycles. The molecular formula is C29H26N2O6S. The Kier molecular flexibility index (Phi) is 6.77. The molecule has 1 saturated heterocycles. The minimum atomic E-state index is -1.01. The molecule has 0 bridgehead atoms. The average molecular weight is 531 g/mol. The number of benzene rings is 3. The third kappa shape index (κ3) is 4.35. The second kappa shape index (κ2) is 10.2. The van der Waals surface area contributed by atoms with Crippen LogP contribution in [0, 0.1) is 6.92 Å². The van der Waals surface area contributed by atoms with Gasteiger partial charge in [-0.15, -0.1) is 0 Å². The van der Waals surface area contributed by atoms with Crippen LogP contribution in [0.2, 0.25) is 0 Å². The predicted molar refractivity (Wildman–Crippen MR) is 146 cm³/mol. The molecule has 8 nitrogen and oxygen atoms in total. The molecule has 5 rings (SSSR count). The second-order valence-corrected chi connectivity index (χ2v) is 9.71. The number of Topliss-reactive ketones (excluding diaryl/α,β-unsaturated/α-hetero) is 1. The molecule has 1 unspecified atom stereocenters. The van der Waals surface area contributed by atoms with Gasteiger partial charge in [-0.25, -0.2) is 4.98 Å². The smallest absolute Gasteiger partial charge is 0.301 e. The van der Waals surface area contributed by atoms with Crippen molar-refractivity contribution in [1.82, 2.24) is 4.98 Å². The quantitative estimate of drug-likeness (QED) is 0.187. The van der Waals surface area contributed by atoms with E-state index in [4.69, 9.17) is 14.2 Å². The summed E-state index contributed by atoms with van der Waals surface area (Å²) in [6.45, 7) is 4.34. The lowest BCUT2D eigenvalue weighted by molar-refractivity contribution is -0.132. The van der Waals surface area contributed by atoms with Gasteiger partial charge in [-0.2, -0.15) is 0 Å². The largest absolute Gasteiger partial charge is 0.507 e. The molecule has 9 heteroatoms. The number of ketones is 1. The summed E-state index contributed by atoms with van der Waals surface area (Å²) in [5, 5.41) is 11.7. The number of methoxy groups -OCH3 is 2. The van der Waals surface area contributed by atoms with Gasteiger partial charge in [-0.05, 0) is 50.2 Å². The van der Waals surface area contributed by atoms with Crippen LogP contribution in [-0.4, -0.2) is 42.6 Å². The summed E-state index contributed by atoms with van der Waals surface area (Å²) in [6.07, 6.45) is 0. The number of rotatable bonds is 7. The third-order valence-corrected chi connectivity index (χ3v) is 7.38. The summed E-state index contributed by atoms with van der Waals surface area (Å²) < 4.78 is 17.5. The van der Waals surface area contributed by atoms with Crippen molar-refractivity contribution in [3.63, 3.8) is 0 Å². The number of carbonyl (C=O) groups is 2. The molecule has 0 spiro atoms. The fourth-order valence-corrected chi connectivity index (χ4v) is 5.52. The number of thiazole rings is 1. The van der Waals surface area contributed by atoms with Gasteiger partial charge in [0, 0.05) is 11.1 Å². The number of hydrogen-bond donors (Lipinski definition) is 1. The second-order valence-electron chi connectivity index (χ2n) is 8.70. The maximum absolute atomic E-state index is 13.6. The van der Waals surface area contributed by atoms with Crippen LogP contribution >= 0.6 is 11.3 Å². The number of aromatic nitrogens is 1. The molecule has 1 fully saturated rings. The first-order valence-corrected chi connectivity index (χ1v) is 12.8. The molecule has 0 radical (unpaired) electrons. The minimum absolute atomic E-state index is 0.0559. The molecular weight excluding hydrogens is 504 g/mol. The van der Waals surface area contributed by atoms with Crippen LogP contribution in [0.3, 0.4) is 0 Å². The summed E-state index contributed by atoms with van der Waals surface area (Å²) in [4.78, 5) is 33.1. The molecule has 3 aromatic carbocycles. The van der Waals surface area contributed by atoms with E-state index in [9.17, 15) is 14.7 Å². The van der Waals surface area contributed by atoms with Gasteiger partial charge in [0.1, 0.15) is 29.0 Å². The highest BCUT2D eigenvalue weighted by Crippen LogP contribution is 2.47. The van der Waals surface area contributed by atoms with Crippen LogP contribution in [0.5, 0.6) is 17.2 Å². The van der Waals surface area contributed by atoms with E-state index in [1.165, 1.54) is 30.5 Å². The summed E-state index contributed by atoms with van der Waals surface area (Å²) in [5.41, 5.74) is 2.50. The Balaban J connectivity index is 1.75. The molecule has 1 atom stereocenters. The van der Waals surface area contributed by atoms with Gasteiger partial charge in [0.15, 0.2) is 5.13 Å². The van der Waals surface area contributed by atoms with Crippen LogP contribution < -0.4 is 19.1 Å². The Morgan fingerprint density at radius 2 is 1.74 bits per heavy atom. The molecule has 4 aromatic rings. The van der Waals surface area contributed by atoms with Crippen LogP contribution in [0.15, 0.2) is 66.2 Å². The van der Waals surface area contributed by atoms with Crippen LogP contribution in [0.4, 0.5) is 5.13 Å². The van der Waals surface area contributed by atoms with Crippen molar-refractivity contribution in [2.45, 2.75) is 19.9 Å². The number of hydrogen-bond acceptors (Lipinski definition) is 8. The fraction of sp³-hybridized carbons (Fsp3) is 0.207. The van der Waals surface area contributed by atoms with Crippen molar-refractivity contribution < 1.29 is 28.9 Å². The molecule has 38 heavy (non-hydrogen) atoms. The minimum Gasteiger partial charge on any atom is -0.507 e. The zero-order chi connectivity index (χ0) is 27.0. The summed E-state index contributed by atoms with van der Waals surface area (Å²) >= 11 is 1.26. The lowest BCUT2D eigenvalue weighted by Crippen LogP contribution is -2.29. The summed E-state index contributed by atoms with van der Waals surface area (Å²) in [7, 11) is 3.03. The summed E-state index contributed by atoms with van der Waals surface area (Å²) in [6, 6.07) is 16.7. The highest BCUT2D eigenvalue weighted by atomic mass is 32.1. The standard InChI is InChI=1S/C29H26N2O6S/c1-5-37-19-10-12-21-23(15-19)38-29(30-21)31-25(20-14-18(35-3)11-13-22(20)36-4)24(27(33)28(31)34)26(32)17-8-6-16(2)7-9-17/h6-15,25,32H,5H2,1-4H3/b26-24+. The molecule has 2 heterocycles. The first kappa shape index (κ1) is 25.3. The van der Waals surface area contributed by atoms with Gasteiger partial charge < -0.3 is 19.3 Å². The van der Waals surface area contributed by atoms with E-state index in [2.05, 4.69) is 4.98 Å². The Bertz CT molecular complexity index is 1570. The number of aliphatic hydroxyl groups is 1. The van der Waals surface area contributed by atoms with Gasteiger partial charge in [-0.3, -0.25) is 14.5 Å². The van der Waals surface area contributed by atoms with Gasteiger partial charge in [0.05, 0.1) is 36.6 Å². The highest BCUT2D eigenvalue weighted by Gasteiger charge is 2.49. The Morgan fingerprint density at radius 3 is 2.42 bits per heavy atom. The highest BCUT2D eigenvalue weighted by molar-refractivity contribution is 7.22. The van der Waals surface area contributed by atoms with E-state index in [0.29, 0.717) is 45.6 Å². The zero-order valence-corrected chi connectivity index (χ0v) is 22.2. The molecule has 194 valence electrons. The molecule has 1 aliphatic heterocycles. The molecule has 0 saturated carbocycles.